The third-order valence-corrected chi connectivity index (χ3v) is 3.31. The number of thiazole rings is 1. The summed E-state index contributed by atoms with van der Waals surface area (Å²) in [7, 11) is 0. The highest BCUT2D eigenvalue weighted by Gasteiger charge is 2.32. The minimum absolute atomic E-state index is 0.0812. The summed E-state index contributed by atoms with van der Waals surface area (Å²) in [6.45, 7) is 0. The average Bonchev–Trinajstić information content (AvgIpc) is 2.42. The van der Waals surface area contributed by atoms with Crippen LogP contribution >= 0.6 is 11.3 Å². The van der Waals surface area contributed by atoms with Crippen molar-refractivity contribution in [3.63, 3.8) is 0 Å². The zero-order valence-corrected chi connectivity index (χ0v) is 7.92. The summed E-state index contributed by atoms with van der Waals surface area (Å²) in [4.78, 5) is 5.24. The maximum Gasteiger partial charge on any atom is 0.180 e. The van der Waals surface area contributed by atoms with Crippen LogP contribution in [0, 0.1) is 0 Å². The average molecular weight is 199 g/mol. The Hall–Kier alpha value is -0.690. The van der Waals surface area contributed by atoms with E-state index in [0.717, 1.165) is 17.0 Å². The van der Waals surface area contributed by atoms with Gasteiger partial charge in [-0.2, -0.15) is 0 Å². The van der Waals surface area contributed by atoms with E-state index >= 15 is 0 Å². The van der Waals surface area contributed by atoms with Gasteiger partial charge in [-0.05, 0) is 0 Å². The van der Waals surface area contributed by atoms with Gasteiger partial charge in [-0.1, -0.05) is 0 Å². The minimum Gasteiger partial charge on any atom is -0.375 e. The molecule has 0 aliphatic heterocycles. The van der Waals surface area contributed by atoms with Crippen molar-refractivity contribution in [2.75, 3.05) is 5.73 Å². The molecule has 1 heterocycles. The molecule has 6 heteroatoms. The van der Waals surface area contributed by atoms with Crippen molar-refractivity contribution in [1.29, 1.82) is 0 Å². The molecule has 72 valence electrons. The third kappa shape index (κ3) is 1.31. The minimum atomic E-state index is -0.271. The van der Waals surface area contributed by atoms with Gasteiger partial charge in [0.1, 0.15) is 0 Å². The summed E-state index contributed by atoms with van der Waals surface area (Å²) in [6, 6.07) is -0.566. The maximum absolute atomic E-state index is 5.88. The molecule has 0 spiro atoms. The Labute approximate surface area is 80.1 Å². The van der Waals surface area contributed by atoms with Gasteiger partial charge in [-0.15, -0.1) is 11.3 Å². The first-order chi connectivity index (χ1) is 6.09. The number of hydrogen-bond acceptors (Lipinski definition) is 6. The van der Waals surface area contributed by atoms with Gasteiger partial charge in [0.05, 0.1) is 11.7 Å². The van der Waals surface area contributed by atoms with Crippen molar-refractivity contribution in [1.82, 2.24) is 4.98 Å². The summed E-state index contributed by atoms with van der Waals surface area (Å²) in [5.41, 5.74) is 23.9. The number of fused-ring (bicyclic) bond motifs is 1. The first-order valence-electron chi connectivity index (χ1n) is 4.11. The predicted octanol–water partition coefficient (Wildman–Crippen LogP) is -1.06. The molecule has 8 N–H and O–H groups in total. The monoisotopic (exact) mass is 199 g/mol. The molecule has 0 aromatic carbocycles. The van der Waals surface area contributed by atoms with Crippen LogP contribution in [-0.4, -0.2) is 17.1 Å². The van der Waals surface area contributed by atoms with E-state index in [2.05, 4.69) is 4.98 Å². The molecule has 1 aromatic rings. The fourth-order valence-electron chi connectivity index (χ4n) is 1.59. The maximum atomic E-state index is 5.88. The molecule has 3 unspecified atom stereocenters. The van der Waals surface area contributed by atoms with Gasteiger partial charge in [-0.25, -0.2) is 4.98 Å². The number of nitrogens with two attached hydrogens (primary N) is 4. The second kappa shape index (κ2) is 2.91. The number of hydrogen-bond donors (Lipinski definition) is 4. The van der Waals surface area contributed by atoms with E-state index in [1.807, 2.05) is 0 Å². The SMILES string of the molecule is Nc1nc2c(s1)CC(N)C(N)C2N. The van der Waals surface area contributed by atoms with Gasteiger partial charge >= 0.3 is 0 Å². The summed E-state index contributed by atoms with van der Waals surface area (Å²) in [5, 5.41) is 0.543. The Balaban J connectivity index is 2.42. The van der Waals surface area contributed by atoms with Crippen molar-refractivity contribution in [2.45, 2.75) is 24.5 Å². The van der Waals surface area contributed by atoms with Crippen LogP contribution in [0.4, 0.5) is 5.13 Å². The van der Waals surface area contributed by atoms with E-state index in [9.17, 15) is 0 Å². The molecule has 0 amide bonds. The van der Waals surface area contributed by atoms with Crippen molar-refractivity contribution < 1.29 is 0 Å². The summed E-state index contributed by atoms with van der Waals surface area (Å²) in [6.07, 6.45) is 0.735. The van der Waals surface area contributed by atoms with Crippen LogP contribution in [-0.2, 0) is 6.42 Å². The predicted molar refractivity (Wildman–Crippen MR) is 53.1 cm³/mol. The Bertz CT molecular complexity index is 323. The van der Waals surface area contributed by atoms with Crippen LogP contribution in [0.15, 0.2) is 0 Å². The fourth-order valence-corrected chi connectivity index (χ4v) is 2.55. The highest BCUT2D eigenvalue weighted by atomic mass is 32.1. The van der Waals surface area contributed by atoms with Gasteiger partial charge in [0, 0.05) is 23.4 Å². The molecular formula is C7H13N5S. The number of nitrogen functional groups attached to an aromatic ring is 1. The molecule has 2 rings (SSSR count). The van der Waals surface area contributed by atoms with E-state index in [1.54, 1.807) is 0 Å². The molecule has 13 heavy (non-hydrogen) atoms. The van der Waals surface area contributed by atoms with Gasteiger partial charge < -0.3 is 22.9 Å². The topological polar surface area (TPSA) is 117 Å². The standard InChI is InChI=1S/C7H13N5S/c8-2-1-3-6(5(10)4(2)9)12-7(11)13-3/h2,4-5H,1,8-10H2,(H2,11,12). The molecule has 3 atom stereocenters. The zero-order chi connectivity index (χ0) is 9.59. The largest absolute Gasteiger partial charge is 0.375 e. The van der Waals surface area contributed by atoms with Crippen molar-refractivity contribution in [2.24, 2.45) is 17.2 Å². The summed E-state index contributed by atoms with van der Waals surface area (Å²) < 4.78 is 0. The molecular weight excluding hydrogens is 186 g/mol. The lowest BCUT2D eigenvalue weighted by Crippen LogP contribution is -2.52. The van der Waals surface area contributed by atoms with Gasteiger partial charge in [-0.3, -0.25) is 0 Å². The van der Waals surface area contributed by atoms with Crippen LogP contribution in [0.1, 0.15) is 16.6 Å². The quantitative estimate of drug-likeness (QED) is 0.424. The first kappa shape index (κ1) is 8.89. The number of aromatic nitrogens is 1. The molecule has 1 aromatic heterocycles. The van der Waals surface area contributed by atoms with Crippen LogP contribution in [0.25, 0.3) is 0 Å². The highest BCUT2D eigenvalue weighted by molar-refractivity contribution is 7.15. The Kier molecular flexibility index (Phi) is 1.99. The molecule has 0 bridgehead atoms. The van der Waals surface area contributed by atoms with E-state index in [-0.39, 0.29) is 18.1 Å². The lowest BCUT2D eigenvalue weighted by Gasteiger charge is -2.29. The van der Waals surface area contributed by atoms with E-state index in [4.69, 9.17) is 22.9 Å². The van der Waals surface area contributed by atoms with Crippen molar-refractivity contribution in [3.05, 3.63) is 10.6 Å². The zero-order valence-electron chi connectivity index (χ0n) is 7.10. The Morgan fingerprint density at radius 1 is 1.31 bits per heavy atom. The van der Waals surface area contributed by atoms with Crippen LogP contribution in [0.5, 0.6) is 0 Å². The molecule has 0 fully saturated rings. The molecule has 0 saturated heterocycles. The van der Waals surface area contributed by atoms with E-state index in [0.29, 0.717) is 5.13 Å². The van der Waals surface area contributed by atoms with Gasteiger partial charge in [0.2, 0.25) is 0 Å². The number of nitrogens with zero attached hydrogens (tertiary/aromatic N) is 1. The van der Waals surface area contributed by atoms with Gasteiger partial charge in [0.25, 0.3) is 0 Å². The molecule has 0 saturated carbocycles. The van der Waals surface area contributed by atoms with E-state index in [1.165, 1.54) is 11.3 Å². The summed E-state index contributed by atoms with van der Waals surface area (Å²) >= 11 is 1.45. The van der Waals surface area contributed by atoms with Crippen LogP contribution in [0.3, 0.4) is 0 Å². The lowest BCUT2D eigenvalue weighted by atomic mass is 9.90. The Morgan fingerprint density at radius 2 is 2.00 bits per heavy atom. The fraction of sp³-hybridized carbons (Fsp3) is 0.571. The van der Waals surface area contributed by atoms with Crippen molar-refractivity contribution >= 4 is 16.5 Å². The first-order valence-corrected chi connectivity index (χ1v) is 4.93. The van der Waals surface area contributed by atoms with Crippen molar-refractivity contribution in [3.8, 4) is 0 Å². The molecule has 0 radical (unpaired) electrons. The Morgan fingerprint density at radius 3 is 2.69 bits per heavy atom. The lowest BCUT2D eigenvalue weighted by molar-refractivity contribution is 0.420. The van der Waals surface area contributed by atoms with E-state index < -0.39 is 0 Å². The van der Waals surface area contributed by atoms with Crippen LogP contribution in [0.2, 0.25) is 0 Å². The normalized spacial score (nSPS) is 33.0. The second-order valence-corrected chi connectivity index (χ2v) is 4.45. The van der Waals surface area contributed by atoms with Crippen LogP contribution < -0.4 is 22.9 Å². The third-order valence-electron chi connectivity index (χ3n) is 2.39. The second-order valence-electron chi connectivity index (χ2n) is 3.33. The molecule has 5 nitrogen and oxygen atoms in total. The smallest absolute Gasteiger partial charge is 0.180 e. The molecule has 1 aliphatic carbocycles. The number of anilines is 1. The molecule has 1 aliphatic rings. The number of rotatable bonds is 0. The van der Waals surface area contributed by atoms with Gasteiger partial charge in [0.15, 0.2) is 5.13 Å². The highest BCUT2D eigenvalue weighted by Crippen LogP contribution is 2.31. The summed E-state index contributed by atoms with van der Waals surface area (Å²) in [5.74, 6) is 0.